The van der Waals surface area contributed by atoms with Crippen LogP contribution in [0.5, 0.6) is 5.88 Å². The van der Waals surface area contributed by atoms with E-state index in [4.69, 9.17) is 4.74 Å². The number of imidazole rings is 1. The number of ether oxygens (including phenoxy) is 1. The zero-order chi connectivity index (χ0) is 12.5. The molecule has 0 unspecified atom stereocenters. The van der Waals surface area contributed by atoms with Crippen LogP contribution in [0.2, 0.25) is 0 Å². The fourth-order valence-corrected chi connectivity index (χ4v) is 1.96. The molecule has 1 N–H and O–H groups in total. The number of H-pyrrole nitrogens is 1. The van der Waals surface area contributed by atoms with E-state index in [0.717, 1.165) is 16.9 Å². The Hall–Kier alpha value is -2.36. The molecule has 0 aliphatic carbocycles. The van der Waals surface area contributed by atoms with E-state index in [0.29, 0.717) is 11.5 Å². The Labute approximate surface area is 105 Å². The lowest BCUT2D eigenvalue weighted by atomic mass is 10.1. The van der Waals surface area contributed by atoms with Gasteiger partial charge in [-0.15, -0.1) is 0 Å². The fourth-order valence-electron chi connectivity index (χ4n) is 1.96. The molecule has 18 heavy (non-hydrogen) atoms. The van der Waals surface area contributed by atoms with Gasteiger partial charge in [0.25, 0.3) is 0 Å². The number of aryl methyl sites for hydroxylation is 1. The normalized spacial score (nSPS) is 10.8. The van der Waals surface area contributed by atoms with Gasteiger partial charge in [-0.2, -0.15) is 4.98 Å². The van der Waals surface area contributed by atoms with Crippen LogP contribution in [-0.4, -0.2) is 22.1 Å². The van der Waals surface area contributed by atoms with Gasteiger partial charge < -0.3 is 9.72 Å². The zero-order valence-electron chi connectivity index (χ0n) is 10.3. The molecule has 90 valence electrons. The predicted octanol–water partition coefficient (Wildman–Crippen LogP) is 2.94. The summed E-state index contributed by atoms with van der Waals surface area (Å²) in [4.78, 5) is 12.1. The van der Waals surface area contributed by atoms with Crippen molar-refractivity contribution in [3.8, 4) is 17.3 Å². The molecule has 2 heterocycles. The van der Waals surface area contributed by atoms with Crippen molar-refractivity contribution in [2.45, 2.75) is 6.92 Å². The third-order valence-electron chi connectivity index (χ3n) is 2.93. The Bertz CT molecular complexity index is 703. The third-order valence-corrected chi connectivity index (χ3v) is 2.93. The molecule has 0 saturated carbocycles. The first kappa shape index (κ1) is 10.8. The topological polar surface area (TPSA) is 50.8 Å². The molecular formula is C14H13N3O. The van der Waals surface area contributed by atoms with E-state index < -0.39 is 0 Å². The van der Waals surface area contributed by atoms with Gasteiger partial charge in [0.2, 0.25) is 5.88 Å². The number of methoxy groups -OCH3 is 1. The van der Waals surface area contributed by atoms with E-state index in [1.54, 1.807) is 7.11 Å². The first-order chi connectivity index (χ1) is 8.78. The molecule has 4 nitrogen and oxygen atoms in total. The summed E-state index contributed by atoms with van der Waals surface area (Å²) in [6.07, 6.45) is 0. The van der Waals surface area contributed by atoms with Crippen molar-refractivity contribution in [3.05, 3.63) is 42.0 Å². The van der Waals surface area contributed by atoms with Crippen LogP contribution in [0.4, 0.5) is 0 Å². The third kappa shape index (κ3) is 1.72. The number of nitrogens with zero attached hydrogens (tertiary/aromatic N) is 2. The van der Waals surface area contributed by atoms with Crippen molar-refractivity contribution >= 4 is 11.2 Å². The molecule has 0 amide bonds. The van der Waals surface area contributed by atoms with Crippen molar-refractivity contribution in [2.24, 2.45) is 0 Å². The quantitative estimate of drug-likeness (QED) is 0.748. The number of hydrogen-bond acceptors (Lipinski definition) is 3. The van der Waals surface area contributed by atoms with Gasteiger partial charge in [0, 0.05) is 11.6 Å². The highest BCUT2D eigenvalue weighted by molar-refractivity contribution is 5.77. The highest BCUT2D eigenvalue weighted by atomic mass is 16.5. The monoisotopic (exact) mass is 239 g/mol. The van der Waals surface area contributed by atoms with Crippen LogP contribution in [-0.2, 0) is 0 Å². The Balaban J connectivity index is 2.17. The minimum Gasteiger partial charge on any atom is -0.481 e. The van der Waals surface area contributed by atoms with Gasteiger partial charge in [0.15, 0.2) is 5.65 Å². The molecule has 0 atom stereocenters. The Morgan fingerprint density at radius 2 is 1.89 bits per heavy atom. The second kappa shape index (κ2) is 4.14. The number of nitrogens with one attached hydrogen (secondary N) is 1. The molecule has 0 aliphatic rings. The van der Waals surface area contributed by atoms with Crippen LogP contribution in [0.25, 0.3) is 22.6 Å². The first-order valence-corrected chi connectivity index (χ1v) is 5.74. The van der Waals surface area contributed by atoms with Gasteiger partial charge in [-0.05, 0) is 18.6 Å². The van der Waals surface area contributed by atoms with Gasteiger partial charge in [0.05, 0.1) is 12.6 Å². The molecule has 0 radical (unpaired) electrons. The summed E-state index contributed by atoms with van der Waals surface area (Å²) < 4.78 is 5.10. The summed E-state index contributed by atoms with van der Waals surface area (Å²) in [7, 11) is 1.60. The van der Waals surface area contributed by atoms with E-state index in [2.05, 4.69) is 27.9 Å². The zero-order valence-corrected chi connectivity index (χ0v) is 10.3. The summed E-state index contributed by atoms with van der Waals surface area (Å²) in [6, 6.07) is 11.9. The first-order valence-electron chi connectivity index (χ1n) is 5.74. The lowest BCUT2D eigenvalue weighted by Gasteiger charge is -1.99. The average molecular weight is 239 g/mol. The van der Waals surface area contributed by atoms with Crippen molar-refractivity contribution in [3.63, 3.8) is 0 Å². The largest absolute Gasteiger partial charge is 0.481 e. The minimum absolute atomic E-state index is 0.574. The minimum atomic E-state index is 0.574. The molecule has 4 heteroatoms. The number of hydrogen-bond donors (Lipinski definition) is 1. The molecule has 3 aromatic rings. The lowest BCUT2D eigenvalue weighted by Crippen LogP contribution is -1.86. The van der Waals surface area contributed by atoms with Crippen molar-refractivity contribution in [1.29, 1.82) is 0 Å². The van der Waals surface area contributed by atoms with Crippen LogP contribution in [0, 0.1) is 6.92 Å². The van der Waals surface area contributed by atoms with Crippen molar-refractivity contribution in [1.82, 2.24) is 15.0 Å². The van der Waals surface area contributed by atoms with E-state index in [9.17, 15) is 0 Å². The van der Waals surface area contributed by atoms with Crippen molar-refractivity contribution in [2.75, 3.05) is 7.11 Å². The molecule has 0 saturated heterocycles. The summed E-state index contributed by atoms with van der Waals surface area (Å²) >= 11 is 0. The summed E-state index contributed by atoms with van der Waals surface area (Å²) in [5.41, 5.74) is 3.86. The van der Waals surface area contributed by atoms with Gasteiger partial charge >= 0.3 is 0 Å². The molecule has 0 bridgehead atoms. The van der Waals surface area contributed by atoms with Crippen LogP contribution in [0.1, 0.15) is 5.56 Å². The van der Waals surface area contributed by atoms with Gasteiger partial charge in [-0.1, -0.05) is 24.3 Å². The van der Waals surface area contributed by atoms with E-state index in [-0.39, 0.29) is 0 Å². The second-order valence-corrected chi connectivity index (χ2v) is 4.13. The Morgan fingerprint density at radius 3 is 2.67 bits per heavy atom. The van der Waals surface area contributed by atoms with E-state index >= 15 is 0 Å². The second-order valence-electron chi connectivity index (χ2n) is 4.13. The van der Waals surface area contributed by atoms with E-state index in [1.165, 1.54) is 5.56 Å². The highest BCUT2D eigenvalue weighted by Gasteiger charge is 2.08. The van der Waals surface area contributed by atoms with Crippen LogP contribution in [0.15, 0.2) is 36.4 Å². The molecule has 0 fully saturated rings. The molecular weight excluding hydrogens is 226 g/mol. The maximum absolute atomic E-state index is 5.10. The summed E-state index contributed by atoms with van der Waals surface area (Å²) in [5.74, 6) is 1.41. The lowest BCUT2D eigenvalue weighted by molar-refractivity contribution is 0.399. The molecule has 1 aromatic carbocycles. The standard InChI is InChI=1S/C14H13N3O/c1-9-5-3-4-6-10(9)13-15-11-7-8-12(18-2)16-14(11)17-13/h3-8H,1-2H3,(H,15,16,17). The molecule has 0 spiro atoms. The number of rotatable bonds is 2. The number of benzene rings is 1. The number of aromatic amines is 1. The Morgan fingerprint density at radius 1 is 1.06 bits per heavy atom. The van der Waals surface area contributed by atoms with Gasteiger partial charge in [0.1, 0.15) is 5.82 Å². The van der Waals surface area contributed by atoms with Gasteiger partial charge in [-0.3, -0.25) is 0 Å². The number of fused-ring (bicyclic) bond motifs is 1. The SMILES string of the molecule is COc1ccc2[nH]c(-c3ccccc3C)nc2n1. The number of pyridine rings is 1. The predicted molar refractivity (Wildman–Crippen MR) is 70.6 cm³/mol. The summed E-state index contributed by atoms with van der Waals surface area (Å²) in [5, 5.41) is 0. The van der Waals surface area contributed by atoms with Crippen LogP contribution in [0.3, 0.4) is 0 Å². The van der Waals surface area contributed by atoms with Crippen LogP contribution >= 0.6 is 0 Å². The maximum atomic E-state index is 5.10. The fraction of sp³-hybridized carbons (Fsp3) is 0.143. The Kier molecular flexibility index (Phi) is 2.48. The molecule has 3 rings (SSSR count). The van der Waals surface area contributed by atoms with E-state index in [1.807, 2.05) is 30.3 Å². The van der Waals surface area contributed by atoms with Crippen LogP contribution < -0.4 is 4.74 Å². The smallest absolute Gasteiger partial charge is 0.215 e. The average Bonchev–Trinajstić information content (AvgIpc) is 2.81. The maximum Gasteiger partial charge on any atom is 0.215 e. The summed E-state index contributed by atoms with van der Waals surface area (Å²) in [6.45, 7) is 2.07. The highest BCUT2D eigenvalue weighted by Crippen LogP contribution is 2.23. The van der Waals surface area contributed by atoms with Crippen molar-refractivity contribution < 1.29 is 4.74 Å². The van der Waals surface area contributed by atoms with Gasteiger partial charge in [-0.25, -0.2) is 4.98 Å². The molecule has 0 aliphatic heterocycles. The number of aromatic nitrogens is 3. The molecule has 2 aromatic heterocycles.